The Kier molecular flexibility index (Phi) is 4.82. The predicted molar refractivity (Wildman–Crippen MR) is 56.6 cm³/mol. The third-order valence-corrected chi connectivity index (χ3v) is 1.79. The minimum Gasteiger partial charge on any atom is -0.508 e. The summed E-state index contributed by atoms with van der Waals surface area (Å²) in [6.07, 6.45) is 0. The van der Waals surface area contributed by atoms with Gasteiger partial charge in [-0.05, 0) is 24.3 Å². The van der Waals surface area contributed by atoms with Gasteiger partial charge in [0, 0.05) is 25.3 Å². The number of anilines is 1. The molecule has 0 amide bonds. The minimum atomic E-state index is 0.166. The van der Waals surface area contributed by atoms with Crippen molar-refractivity contribution in [1.29, 1.82) is 0 Å². The summed E-state index contributed by atoms with van der Waals surface area (Å²) in [4.78, 5) is 0. The van der Waals surface area contributed by atoms with E-state index in [9.17, 15) is 0 Å². The van der Waals surface area contributed by atoms with Crippen LogP contribution in [0.25, 0.3) is 0 Å². The topological polar surface area (TPSA) is 64.5 Å². The fourth-order valence-electron chi connectivity index (χ4n) is 1.08. The lowest BCUT2D eigenvalue weighted by Crippen LogP contribution is -2.24. The zero-order valence-electron chi connectivity index (χ0n) is 8.03. The van der Waals surface area contributed by atoms with Crippen LogP contribution in [-0.4, -0.2) is 36.5 Å². The van der Waals surface area contributed by atoms with E-state index in [1.165, 1.54) is 0 Å². The summed E-state index contributed by atoms with van der Waals surface area (Å²) < 4.78 is 0. The Morgan fingerprint density at radius 2 is 1.71 bits per heavy atom. The Bertz CT molecular complexity index is 249. The molecule has 0 saturated heterocycles. The van der Waals surface area contributed by atoms with Crippen LogP contribution in [0.2, 0.25) is 0 Å². The number of phenols is 1. The molecule has 78 valence electrons. The van der Waals surface area contributed by atoms with Gasteiger partial charge in [-0.3, -0.25) is 0 Å². The minimum absolute atomic E-state index is 0.166. The fourth-order valence-corrected chi connectivity index (χ4v) is 1.08. The number of aromatic hydroxyl groups is 1. The zero-order valence-corrected chi connectivity index (χ0v) is 8.03. The molecule has 0 radical (unpaired) electrons. The van der Waals surface area contributed by atoms with E-state index < -0.39 is 0 Å². The van der Waals surface area contributed by atoms with Gasteiger partial charge in [-0.25, -0.2) is 0 Å². The van der Waals surface area contributed by atoms with Crippen molar-refractivity contribution in [2.75, 3.05) is 31.6 Å². The third kappa shape index (κ3) is 4.11. The van der Waals surface area contributed by atoms with Crippen molar-refractivity contribution in [3.63, 3.8) is 0 Å². The number of benzene rings is 1. The zero-order chi connectivity index (χ0) is 10.2. The number of aliphatic hydroxyl groups is 1. The fraction of sp³-hybridized carbons (Fsp3) is 0.400. The molecule has 0 fully saturated rings. The van der Waals surface area contributed by atoms with E-state index in [1.807, 2.05) is 12.1 Å². The first-order valence-electron chi connectivity index (χ1n) is 4.67. The van der Waals surface area contributed by atoms with Crippen molar-refractivity contribution in [2.24, 2.45) is 0 Å². The predicted octanol–water partition coefficient (Wildman–Crippen LogP) is 0.386. The second-order valence-corrected chi connectivity index (χ2v) is 2.95. The lowest BCUT2D eigenvalue weighted by Gasteiger charge is -2.06. The lowest BCUT2D eigenvalue weighted by atomic mass is 10.3. The number of aliphatic hydroxyl groups excluding tert-OH is 1. The van der Waals surface area contributed by atoms with E-state index in [1.54, 1.807) is 12.1 Å². The first-order valence-corrected chi connectivity index (χ1v) is 4.67. The van der Waals surface area contributed by atoms with E-state index in [-0.39, 0.29) is 12.4 Å². The van der Waals surface area contributed by atoms with Crippen LogP contribution in [0, 0.1) is 0 Å². The molecule has 4 heteroatoms. The standard InChI is InChI=1S/C10H16N2O2/c13-8-7-11-5-6-12-9-1-3-10(14)4-2-9/h1-4,11-14H,5-8H2. The van der Waals surface area contributed by atoms with Gasteiger partial charge in [0.2, 0.25) is 0 Å². The van der Waals surface area contributed by atoms with Gasteiger partial charge in [-0.2, -0.15) is 0 Å². The molecule has 0 saturated carbocycles. The number of rotatable bonds is 6. The van der Waals surface area contributed by atoms with Gasteiger partial charge >= 0.3 is 0 Å². The smallest absolute Gasteiger partial charge is 0.115 e. The average Bonchev–Trinajstić information content (AvgIpc) is 2.21. The quantitative estimate of drug-likeness (QED) is 0.392. The molecule has 0 aliphatic rings. The average molecular weight is 196 g/mol. The molecule has 1 aromatic carbocycles. The molecular weight excluding hydrogens is 180 g/mol. The summed E-state index contributed by atoms with van der Waals surface area (Å²) >= 11 is 0. The number of hydrogen-bond donors (Lipinski definition) is 4. The molecule has 14 heavy (non-hydrogen) atoms. The van der Waals surface area contributed by atoms with E-state index >= 15 is 0 Å². The summed E-state index contributed by atoms with van der Waals surface area (Å²) in [5, 5.41) is 23.8. The lowest BCUT2D eigenvalue weighted by molar-refractivity contribution is 0.293. The maximum Gasteiger partial charge on any atom is 0.115 e. The molecule has 1 aromatic rings. The first-order chi connectivity index (χ1) is 6.83. The highest BCUT2D eigenvalue weighted by Crippen LogP contribution is 2.12. The van der Waals surface area contributed by atoms with Gasteiger partial charge in [0.05, 0.1) is 6.61 Å². The molecule has 4 N–H and O–H groups in total. The second-order valence-electron chi connectivity index (χ2n) is 2.95. The molecule has 1 rings (SSSR count). The third-order valence-electron chi connectivity index (χ3n) is 1.79. The highest BCUT2D eigenvalue weighted by molar-refractivity contribution is 5.45. The van der Waals surface area contributed by atoms with Crippen molar-refractivity contribution in [3.05, 3.63) is 24.3 Å². The summed E-state index contributed by atoms with van der Waals surface area (Å²) in [5.41, 5.74) is 0.980. The van der Waals surface area contributed by atoms with Gasteiger partial charge in [0.15, 0.2) is 0 Å². The van der Waals surface area contributed by atoms with Crippen molar-refractivity contribution in [1.82, 2.24) is 5.32 Å². The number of phenolic OH excluding ortho intramolecular Hbond substituents is 1. The van der Waals surface area contributed by atoms with Crippen LogP contribution in [-0.2, 0) is 0 Å². The van der Waals surface area contributed by atoms with Crippen LogP contribution in [0.5, 0.6) is 5.75 Å². The Morgan fingerprint density at radius 3 is 2.36 bits per heavy atom. The Balaban J connectivity index is 2.15. The van der Waals surface area contributed by atoms with E-state index in [2.05, 4.69) is 10.6 Å². The van der Waals surface area contributed by atoms with Crippen LogP contribution in [0.3, 0.4) is 0 Å². The van der Waals surface area contributed by atoms with Crippen LogP contribution in [0.15, 0.2) is 24.3 Å². The van der Waals surface area contributed by atoms with Crippen LogP contribution >= 0.6 is 0 Å². The highest BCUT2D eigenvalue weighted by Gasteiger charge is 1.91. The van der Waals surface area contributed by atoms with Crippen molar-refractivity contribution >= 4 is 5.69 Å². The maximum absolute atomic E-state index is 9.03. The molecule has 0 aliphatic heterocycles. The van der Waals surface area contributed by atoms with E-state index in [0.29, 0.717) is 6.54 Å². The van der Waals surface area contributed by atoms with Crippen molar-refractivity contribution in [3.8, 4) is 5.75 Å². The monoisotopic (exact) mass is 196 g/mol. The SMILES string of the molecule is OCCNCCNc1ccc(O)cc1. The summed E-state index contributed by atoms with van der Waals surface area (Å²) in [7, 11) is 0. The molecule has 0 unspecified atom stereocenters. The molecule has 0 spiro atoms. The molecule has 0 heterocycles. The Hall–Kier alpha value is -1.26. The van der Waals surface area contributed by atoms with Crippen LogP contribution in [0.1, 0.15) is 0 Å². The summed E-state index contributed by atoms with van der Waals surface area (Å²) in [6, 6.07) is 6.93. The Labute approximate surface area is 83.6 Å². The van der Waals surface area contributed by atoms with Gasteiger partial charge in [0.1, 0.15) is 5.75 Å². The Morgan fingerprint density at radius 1 is 1.00 bits per heavy atom. The largest absolute Gasteiger partial charge is 0.508 e. The normalized spacial score (nSPS) is 10.1. The van der Waals surface area contributed by atoms with E-state index in [0.717, 1.165) is 18.8 Å². The highest BCUT2D eigenvalue weighted by atomic mass is 16.3. The molecule has 4 nitrogen and oxygen atoms in total. The van der Waals surface area contributed by atoms with Crippen LogP contribution in [0.4, 0.5) is 5.69 Å². The van der Waals surface area contributed by atoms with E-state index in [4.69, 9.17) is 10.2 Å². The van der Waals surface area contributed by atoms with Crippen molar-refractivity contribution < 1.29 is 10.2 Å². The maximum atomic E-state index is 9.03. The molecule has 0 bridgehead atoms. The molecular formula is C10H16N2O2. The summed E-state index contributed by atoms with van der Waals surface area (Å²) in [6.45, 7) is 2.39. The molecule has 0 aromatic heterocycles. The number of hydrogen-bond acceptors (Lipinski definition) is 4. The van der Waals surface area contributed by atoms with Crippen molar-refractivity contribution in [2.45, 2.75) is 0 Å². The molecule has 0 atom stereocenters. The van der Waals surface area contributed by atoms with Gasteiger partial charge in [-0.15, -0.1) is 0 Å². The number of nitrogens with one attached hydrogen (secondary N) is 2. The van der Waals surface area contributed by atoms with Gasteiger partial charge in [-0.1, -0.05) is 0 Å². The molecule has 0 aliphatic carbocycles. The summed E-state index contributed by atoms with van der Waals surface area (Å²) in [5.74, 6) is 0.272. The first kappa shape index (κ1) is 10.8. The van der Waals surface area contributed by atoms with Gasteiger partial charge < -0.3 is 20.8 Å². The van der Waals surface area contributed by atoms with Crippen LogP contribution < -0.4 is 10.6 Å². The van der Waals surface area contributed by atoms with Gasteiger partial charge in [0.25, 0.3) is 0 Å². The second kappa shape index (κ2) is 6.23.